The third-order valence-corrected chi connectivity index (χ3v) is 5.67. The van der Waals surface area contributed by atoms with Crippen LogP contribution in [0.25, 0.3) is 0 Å². The van der Waals surface area contributed by atoms with E-state index in [0.717, 1.165) is 0 Å². The second-order valence-electron chi connectivity index (χ2n) is 6.27. The van der Waals surface area contributed by atoms with Crippen LogP contribution in [0.4, 0.5) is 11.4 Å². The van der Waals surface area contributed by atoms with Gasteiger partial charge in [0.2, 0.25) is 0 Å². The molecular formula is C21H18N2O5S. The summed E-state index contributed by atoms with van der Waals surface area (Å²) in [6.45, 7) is 2.34. The third kappa shape index (κ3) is 3.88. The van der Waals surface area contributed by atoms with Crippen LogP contribution in [0.15, 0.2) is 71.6 Å². The molecule has 7 nitrogen and oxygen atoms in total. The minimum absolute atomic E-state index is 0.0870. The molecule has 0 radical (unpaired) electrons. The summed E-state index contributed by atoms with van der Waals surface area (Å²) in [6.07, 6.45) is 0. The summed E-state index contributed by atoms with van der Waals surface area (Å²) in [6, 6.07) is 17.7. The van der Waals surface area contributed by atoms with Gasteiger partial charge in [-0.2, -0.15) is 0 Å². The molecule has 4 rings (SSSR count). The first-order chi connectivity index (χ1) is 14.0. The van der Waals surface area contributed by atoms with Crippen LogP contribution >= 0.6 is 0 Å². The first kappa shape index (κ1) is 18.8. The molecule has 1 aliphatic rings. The molecule has 29 heavy (non-hydrogen) atoms. The summed E-state index contributed by atoms with van der Waals surface area (Å²) >= 11 is 0. The second-order valence-corrected chi connectivity index (χ2v) is 7.96. The second kappa shape index (κ2) is 7.48. The van der Waals surface area contributed by atoms with E-state index in [2.05, 4.69) is 10.0 Å². The van der Waals surface area contributed by atoms with Crippen molar-refractivity contribution in [3.05, 3.63) is 72.3 Å². The van der Waals surface area contributed by atoms with Gasteiger partial charge >= 0.3 is 0 Å². The lowest BCUT2D eigenvalue weighted by molar-refractivity contribution is 0.102. The van der Waals surface area contributed by atoms with Gasteiger partial charge in [0.1, 0.15) is 11.5 Å². The summed E-state index contributed by atoms with van der Waals surface area (Å²) in [5.41, 5.74) is 1.03. The molecule has 0 fully saturated rings. The molecule has 0 saturated carbocycles. The van der Waals surface area contributed by atoms with E-state index in [1.54, 1.807) is 48.5 Å². The van der Waals surface area contributed by atoms with E-state index >= 15 is 0 Å². The van der Waals surface area contributed by atoms with Crippen LogP contribution < -0.4 is 19.5 Å². The predicted octanol–water partition coefficient (Wildman–Crippen LogP) is 4.24. The van der Waals surface area contributed by atoms with Gasteiger partial charge in [-0.1, -0.05) is 12.1 Å². The van der Waals surface area contributed by atoms with Gasteiger partial charge in [-0.05, 0) is 61.5 Å². The molecule has 8 heteroatoms. The van der Waals surface area contributed by atoms with Crippen LogP contribution in [0.3, 0.4) is 0 Å². The van der Waals surface area contributed by atoms with E-state index in [9.17, 15) is 13.2 Å². The molecule has 0 bridgehead atoms. The predicted molar refractivity (Wildman–Crippen MR) is 109 cm³/mol. The summed E-state index contributed by atoms with van der Waals surface area (Å²) in [5, 5.41) is 2.76. The lowest BCUT2D eigenvalue weighted by atomic mass is 10.1. The number of benzene rings is 3. The fraction of sp³-hybridized carbons (Fsp3) is 0.0952. The molecule has 2 N–H and O–H groups in total. The maximum absolute atomic E-state index is 12.7. The Balaban J connectivity index is 1.61. The van der Waals surface area contributed by atoms with Crippen molar-refractivity contribution in [2.24, 2.45) is 0 Å². The Morgan fingerprint density at radius 1 is 1.00 bits per heavy atom. The molecule has 3 aromatic carbocycles. The molecule has 1 aliphatic heterocycles. The van der Waals surface area contributed by atoms with Gasteiger partial charge in [0, 0.05) is 5.69 Å². The number of carbonyl (C=O) groups is 1. The van der Waals surface area contributed by atoms with Gasteiger partial charge < -0.3 is 14.8 Å². The normalized spacial score (nSPS) is 12.7. The Bertz CT molecular complexity index is 1170. The first-order valence-electron chi connectivity index (χ1n) is 8.94. The first-order valence-corrected chi connectivity index (χ1v) is 10.4. The molecule has 3 aromatic rings. The largest absolute Gasteiger partial charge is 0.494 e. The number of para-hydroxylation sites is 2. The molecule has 1 heterocycles. The number of hydrogen-bond donors (Lipinski definition) is 2. The molecule has 0 spiro atoms. The molecule has 0 aromatic heterocycles. The Kier molecular flexibility index (Phi) is 4.85. The third-order valence-electron chi connectivity index (χ3n) is 4.28. The quantitative estimate of drug-likeness (QED) is 0.656. The number of anilines is 2. The van der Waals surface area contributed by atoms with Gasteiger partial charge in [-0.3, -0.25) is 9.52 Å². The topological polar surface area (TPSA) is 93.7 Å². The molecule has 148 valence electrons. The van der Waals surface area contributed by atoms with Crippen molar-refractivity contribution >= 4 is 27.3 Å². The van der Waals surface area contributed by atoms with Gasteiger partial charge in [-0.25, -0.2) is 8.42 Å². The van der Waals surface area contributed by atoms with Gasteiger partial charge in [-0.15, -0.1) is 0 Å². The highest BCUT2D eigenvalue weighted by Gasteiger charge is 2.22. The van der Waals surface area contributed by atoms with Crippen molar-refractivity contribution in [1.82, 2.24) is 0 Å². The number of sulfonamides is 1. The number of carbonyl (C=O) groups excluding carboxylic acids is 1. The van der Waals surface area contributed by atoms with Crippen molar-refractivity contribution in [3.8, 4) is 17.2 Å². The van der Waals surface area contributed by atoms with E-state index < -0.39 is 10.0 Å². The zero-order valence-corrected chi connectivity index (χ0v) is 16.3. The van der Waals surface area contributed by atoms with Crippen molar-refractivity contribution in [2.45, 2.75) is 11.8 Å². The lowest BCUT2D eigenvalue weighted by Gasteiger charge is -2.11. The van der Waals surface area contributed by atoms with Gasteiger partial charge in [0.05, 0.1) is 22.8 Å². The maximum atomic E-state index is 12.7. The van der Waals surface area contributed by atoms with Crippen molar-refractivity contribution in [1.29, 1.82) is 0 Å². The van der Waals surface area contributed by atoms with Gasteiger partial charge in [0.15, 0.2) is 5.75 Å². The molecular weight excluding hydrogens is 392 g/mol. The van der Waals surface area contributed by atoms with Crippen LogP contribution in [-0.2, 0) is 10.0 Å². The monoisotopic (exact) mass is 410 g/mol. The molecule has 0 atom stereocenters. The number of rotatable bonds is 5. The van der Waals surface area contributed by atoms with E-state index in [1.807, 2.05) is 6.92 Å². The minimum atomic E-state index is -3.83. The highest BCUT2D eigenvalue weighted by Crippen LogP contribution is 2.36. The van der Waals surface area contributed by atoms with E-state index in [1.165, 1.54) is 18.2 Å². The molecule has 1 amide bonds. The van der Waals surface area contributed by atoms with Crippen molar-refractivity contribution in [2.75, 3.05) is 16.6 Å². The number of ether oxygens (including phenoxy) is 2. The van der Waals surface area contributed by atoms with Crippen LogP contribution in [0, 0.1) is 0 Å². The molecule has 0 saturated heterocycles. The SMILES string of the molecule is CCOc1ccc(S(=O)(=O)Nc2ccc3c(c2)C(=O)Nc2ccccc2O3)cc1. The standard InChI is InChI=1S/C21H18N2O5S/c1-2-27-15-8-10-16(11-9-15)29(25,26)23-14-7-12-19-17(13-14)21(24)22-18-5-3-4-6-20(18)28-19/h3-13,23H,2H2,1H3,(H,22,24). The zero-order chi connectivity index (χ0) is 20.4. The van der Waals surface area contributed by atoms with Gasteiger partial charge in [0.25, 0.3) is 15.9 Å². The smallest absolute Gasteiger partial charge is 0.261 e. The fourth-order valence-electron chi connectivity index (χ4n) is 2.92. The van der Waals surface area contributed by atoms with Crippen LogP contribution in [-0.4, -0.2) is 20.9 Å². The maximum Gasteiger partial charge on any atom is 0.261 e. The summed E-state index contributed by atoms with van der Waals surface area (Å²) in [7, 11) is -3.83. The molecule has 0 unspecified atom stereocenters. The lowest BCUT2D eigenvalue weighted by Crippen LogP contribution is -2.14. The zero-order valence-electron chi connectivity index (χ0n) is 15.5. The highest BCUT2D eigenvalue weighted by atomic mass is 32.2. The summed E-state index contributed by atoms with van der Waals surface area (Å²) < 4.78 is 39.0. The van der Waals surface area contributed by atoms with Crippen LogP contribution in [0.5, 0.6) is 17.2 Å². The van der Waals surface area contributed by atoms with Crippen molar-refractivity contribution < 1.29 is 22.7 Å². The van der Waals surface area contributed by atoms with Crippen LogP contribution in [0.2, 0.25) is 0 Å². The Labute approximate surface area is 168 Å². The fourth-order valence-corrected chi connectivity index (χ4v) is 3.97. The Morgan fingerprint density at radius 3 is 2.52 bits per heavy atom. The minimum Gasteiger partial charge on any atom is -0.494 e. The molecule has 0 aliphatic carbocycles. The Hall–Kier alpha value is -3.52. The van der Waals surface area contributed by atoms with E-state index in [4.69, 9.17) is 9.47 Å². The summed E-state index contributed by atoms with van der Waals surface area (Å²) in [5.74, 6) is 1.07. The number of hydrogen-bond acceptors (Lipinski definition) is 5. The number of fused-ring (bicyclic) bond motifs is 2. The Morgan fingerprint density at radius 2 is 1.76 bits per heavy atom. The average molecular weight is 410 g/mol. The highest BCUT2D eigenvalue weighted by molar-refractivity contribution is 7.92. The average Bonchev–Trinajstić information content (AvgIpc) is 2.84. The number of nitrogens with one attached hydrogen (secondary N) is 2. The summed E-state index contributed by atoms with van der Waals surface area (Å²) in [4.78, 5) is 12.7. The van der Waals surface area contributed by atoms with E-state index in [-0.39, 0.29) is 22.1 Å². The van der Waals surface area contributed by atoms with Crippen molar-refractivity contribution in [3.63, 3.8) is 0 Å². The number of amides is 1. The van der Waals surface area contributed by atoms with Crippen LogP contribution in [0.1, 0.15) is 17.3 Å². The van der Waals surface area contributed by atoms with E-state index in [0.29, 0.717) is 29.5 Å².